The van der Waals surface area contributed by atoms with Crippen molar-refractivity contribution in [2.75, 3.05) is 6.61 Å². The molecule has 0 bridgehead atoms. The molecule has 0 spiro atoms. The molecule has 1 rings (SSSR count). The highest BCUT2D eigenvalue weighted by Crippen LogP contribution is 2.29. The molecule has 0 amide bonds. The van der Waals surface area contributed by atoms with E-state index in [-0.39, 0.29) is 24.3 Å². The number of carbonyl (C=O) groups excluding carboxylic acids is 1. The third kappa shape index (κ3) is 5.47. The highest BCUT2D eigenvalue weighted by molar-refractivity contribution is 7.90. The Labute approximate surface area is 133 Å². The summed E-state index contributed by atoms with van der Waals surface area (Å²) in [5, 5.41) is 9.91. The Balaban J connectivity index is 3.05. The average Bonchev–Trinajstić information content (AvgIpc) is 2.40. The molecule has 0 fully saturated rings. The normalized spacial score (nSPS) is 14.5. The summed E-state index contributed by atoms with van der Waals surface area (Å²) in [5.74, 6) is -1.24. The van der Waals surface area contributed by atoms with Gasteiger partial charge in [0.05, 0.1) is 19.1 Å². The first kappa shape index (κ1) is 18.7. The average molecular weight is 331 g/mol. The smallest absolute Gasteiger partial charge is 0.307 e. The molecule has 5 nitrogen and oxygen atoms in total. The highest BCUT2D eigenvalue weighted by Gasteiger charge is 2.32. The van der Waals surface area contributed by atoms with E-state index in [1.54, 1.807) is 27.7 Å². The van der Waals surface area contributed by atoms with Gasteiger partial charge in [-0.25, -0.2) is 4.39 Å². The second-order valence-electron chi connectivity index (χ2n) is 5.76. The summed E-state index contributed by atoms with van der Waals surface area (Å²) in [4.78, 5) is 11.7. The van der Waals surface area contributed by atoms with Gasteiger partial charge in [-0.15, -0.1) is 4.72 Å². The van der Waals surface area contributed by atoms with E-state index >= 15 is 0 Å². The fraction of sp³-hybridized carbons (Fsp3) is 0.533. The van der Waals surface area contributed by atoms with E-state index in [2.05, 4.69) is 4.72 Å². The molecule has 0 aliphatic heterocycles. The van der Waals surface area contributed by atoms with E-state index in [4.69, 9.17) is 4.74 Å². The second-order valence-corrected chi connectivity index (χ2v) is 7.76. The van der Waals surface area contributed by atoms with Crippen LogP contribution in [-0.2, 0) is 20.9 Å². The largest absolute Gasteiger partial charge is 0.598 e. The molecule has 0 aliphatic carbocycles. The van der Waals surface area contributed by atoms with Crippen LogP contribution in [0.1, 0.15) is 45.7 Å². The molecule has 0 unspecified atom stereocenters. The maximum absolute atomic E-state index is 13.4. The second kappa shape index (κ2) is 7.80. The van der Waals surface area contributed by atoms with Crippen LogP contribution in [0.4, 0.5) is 4.39 Å². The van der Waals surface area contributed by atoms with Crippen molar-refractivity contribution in [3.8, 4) is 5.75 Å². The van der Waals surface area contributed by atoms with Gasteiger partial charge in [-0.1, -0.05) is 0 Å². The van der Waals surface area contributed by atoms with Crippen molar-refractivity contribution in [1.82, 2.24) is 4.72 Å². The first-order valence-electron chi connectivity index (χ1n) is 6.97. The topological polar surface area (TPSA) is 81.6 Å². The number of carbonyl (C=O) groups is 1. The van der Waals surface area contributed by atoms with Crippen molar-refractivity contribution in [2.24, 2.45) is 0 Å². The molecule has 2 N–H and O–H groups in total. The Kier molecular flexibility index (Phi) is 6.65. The number of aromatic hydroxyl groups is 1. The number of halogens is 1. The van der Waals surface area contributed by atoms with E-state index in [0.29, 0.717) is 0 Å². The molecule has 2 atom stereocenters. The van der Waals surface area contributed by atoms with Crippen LogP contribution in [0.2, 0.25) is 0 Å². The predicted molar refractivity (Wildman–Crippen MR) is 83.1 cm³/mol. The van der Waals surface area contributed by atoms with Gasteiger partial charge >= 0.3 is 5.97 Å². The highest BCUT2D eigenvalue weighted by atomic mass is 32.2. The SMILES string of the molecule is CCOC(=O)C[C@H](N[S@+]([O-])C(C)(C)C)c1cc(F)ccc1O. The van der Waals surface area contributed by atoms with Gasteiger partial charge in [-0.05, 0) is 45.9 Å². The molecule has 1 aromatic carbocycles. The lowest BCUT2D eigenvalue weighted by molar-refractivity contribution is -0.143. The van der Waals surface area contributed by atoms with Gasteiger partial charge in [0, 0.05) is 16.9 Å². The summed E-state index contributed by atoms with van der Waals surface area (Å²) >= 11 is -1.49. The van der Waals surface area contributed by atoms with Crippen LogP contribution in [-0.4, -0.2) is 27.0 Å². The predicted octanol–water partition coefficient (Wildman–Crippen LogP) is 2.58. The molecule has 1 aromatic rings. The minimum absolute atomic E-state index is 0.160. The van der Waals surface area contributed by atoms with Gasteiger partial charge in [0.2, 0.25) is 0 Å². The Morgan fingerprint density at radius 2 is 2.14 bits per heavy atom. The first-order chi connectivity index (χ1) is 10.1. The summed E-state index contributed by atoms with van der Waals surface area (Å²) in [7, 11) is 0. The summed E-state index contributed by atoms with van der Waals surface area (Å²) in [6.07, 6.45) is -0.160. The number of phenolic OH excluding ortho intramolecular Hbond substituents is 1. The number of hydrogen-bond acceptors (Lipinski definition) is 5. The van der Waals surface area contributed by atoms with E-state index in [9.17, 15) is 18.8 Å². The van der Waals surface area contributed by atoms with Gasteiger partial charge in [0.1, 0.15) is 16.3 Å². The lowest BCUT2D eigenvalue weighted by atomic mass is 10.0. The van der Waals surface area contributed by atoms with Crippen molar-refractivity contribution in [1.29, 1.82) is 0 Å². The molecule has 0 aliphatic rings. The first-order valence-corrected chi connectivity index (χ1v) is 8.12. The van der Waals surface area contributed by atoms with Crippen LogP contribution in [0.25, 0.3) is 0 Å². The molecule has 0 saturated carbocycles. The molecule has 0 aromatic heterocycles. The number of rotatable bonds is 6. The Morgan fingerprint density at radius 1 is 1.50 bits per heavy atom. The Hall–Kier alpha value is -1.31. The van der Waals surface area contributed by atoms with E-state index < -0.39 is 33.9 Å². The van der Waals surface area contributed by atoms with E-state index in [1.165, 1.54) is 6.07 Å². The number of benzene rings is 1. The van der Waals surface area contributed by atoms with Crippen molar-refractivity contribution in [2.45, 2.75) is 44.9 Å². The van der Waals surface area contributed by atoms with Crippen LogP contribution >= 0.6 is 0 Å². The van der Waals surface area contributed by atoms with Gasteiger partial charge in [-0.3, -0.25) is 4.79 Å². The lowest BCUT2D eigenvalue weighted by Crippen LogP contribution is -2.42. The van der Waals surface area contributed by atoms with Crippen LogP contribution in [0.3, 0.4) is 0 Å². The monoisotopic (exact) mass is 331 g/mol. The summed E-state index contributed by atoms with van der Waals surface area (Å²) < 4.78 is 32.8. The molecule has 22 heavy (non-hydrogen) atoms. The number of nitrogens with one attached hydrogen (secondary N) is 1. The van der Waals surface area contributed by atoms with Crippen LogP contribution in [0.5, 0.6) is 5.75 Å². The molecular formula is C15H22FNO4S. The lowest BCUT2D eigenvalue weighted by Gasteiger charge is -2.28. The van der Waals surface area contributed by atoms with Crippen molar-refractivity contribution in [3.05, 3.63) is 29.6 Å². The summed E-state index contributed by atoms with van der Waals surface area (Å²) in [5.41, 5.74) is 0.172. The number of phenols is 1. The zero-order valence-corrected chi connectivity index (χ0v) is 14.0. The third-order valence-corrected chi connectivity index (χ3v) is 4.46. The minimum atomic E-state index is -1.49. The summed E-state index contributed by atoms with van der Waals surface area (Å²) in [6.45, 7) is 7.19. The Bertz CT molecular complexity index is 519. The maximum Gasteiger partial charge on any atom is 0.307 e. The van der Waals surface area contributed by atoms with Gasteiger partial charge in [-0.2, -0.15) is 0 Å². The molecule has 7 heteroatoms. The van der Waals surface area contributed by atoms with Crippen LogP contribution in [0.15, 0.2) is 18.2 Å². The van der Waals surface area contributed by atoms with E-state index in [1.807, 2.05) is 0 Å². The maximum atomic E-state index is 13.4. The van der Waals surface area contributed by atoms with Crippen molar-refractivity contribution < 1.29 is 23.6 Å². The zero-order valence-electron chi connectivity index (χ0n) is 13.2. The number of esters is 1. The van der Waals surface area contributed by atoms with Crippen LogP contribution < -0.4 is 4.72 Å². The van der Waals surface area contributed by atoms with Gasteiger partial charge in [0.15, 0.2) is 0 Å². The fourth-order valence-corrected chi connectivity index (χ4v) is 2.53. The molecule has 0 saturated heterocycles. The zero-order chi connectivity index (χ0) is 16.9. The quantitative estimate of drug-likeness (QED) is 0.618. The van der Waals surface area contributed by atoms with E-state index in [0.717, 1.165) is 12.1 Å². The van der Waals surface area contributed by atoms with Gasteiger partial charge < -0.3 is 14.4 Å². The molecular weight excluding hydrogens is 309 g/mol. The molecule has 124 valence electrons. The molecule has 0 heterocycles. The standard InChI is InChI=1S/C15H22FNO4S/c1-5-21-14(19)9-12(17-22(20)15(2,3)4)11-8-10(16)6-7-13(11)18/h6-8,12,17-18H,5,9H2,1-4H3/t12-,22+/m0/s1. The van der Waals surface area contributed by atoms with Gasteiger partial charge in [0.25, 0.3) is 0 Å². The fourth-order valence-electron chi connectivity index (χ4n) is 1.71. The van der Waals surface area contributed by atoms with Crippen molar-refractivity contribution >= 4 is 17.3 Å². The van der Waals surface area contributed by atoms with Crippen LogP contribution in [0, 0.1) is 5.82 Å². The third-order valence-electron chi connectivity index (χ3n) is 2.85. The number of ether oxygens (including phenoxy) is 1. The number of hydrogen-bond donors (Lipinski definition) is 2. The molecule has 0 radical (unpaired) electrons. The van der Waals surface area contributed by atoms with Crippen molar-refractivity contribution in [3.63, 3.8) is 0 Å². The summed E-state index contributed by atoms with van der Waals surface area (Å²) in [6, 6.07) is 2.62. The minimum Gasteiger partial charge on any atom is -0.598 e. The Morgan fingerprint density at radius 3 is 2.68 bits per heavy atom.